The molecule has 0 N–H and O–H groups in total. The molecule has 0 saturated heterocycles. The smallest absolute Gasteiger partial charge is 0.147 e. The van der Waals surface area contributed by atoms with Gasteiger partial charge in [0.2, 0.25) is 0 Å². The van der Waals surface area contributed by atoms with E-state index >= 15 is 0 Å². The average Bonchev–Trinajstić information content (AvgIpc) is 3.60. The maximum absolute atomic E-state index is 3.86. The fourth-order valence-electron chi connectivity index (χ4n) is 9.66. The van der Waals surface area contributed by atoms with E-state index < -0.39 is 21.8 Å². The summed E-state index contributed by atoms with van der Waals surface area (Å²) in [5.41, 5.74) is 14.7. The molecule has 0 aromatic heterocycles. The molecule has 0 amide bonds. The Morgan fingerprint density at radius 3 is 1.24 bits per heavy atom. The van der Waals surface area contributed by atoms with Crippen molar-refractivity contribution in [3.05, 3.63) is 155 Å². The van der Waals surface area contributed by atoms with Crippen molar-refractivity contribution in [2.75, 3.05) is 0 Å². The molecule has 8 rings (SSSR count). The molecule has 0 nitrogen and oxygen atoms in total. The van der Waals surface area contributed by atoms with Crippen LogP contribution in [0.2, 0.25) is 24.3 Å². The van der Waals surface area contributed by atoms with Crippen LogP contribution in [0.1, 0.15) is 43.4 Å². The van der Waals surface area contributed by atoms with Gasteiger partial charge in [0.15, 0.2) is 0 Å². The summed E-state index contributed by atoms with van der Waals surface area (Å²) in [5.74, 6) is 0. The van der Waals surface area contributed by atoms with E-state index in [1.165, 1.54) is 54.9 Å². The number of hydrogen-bond acceptors (Lipinski definition) is 0. The van der Waals surface area contributed by atoms with Gasteiger partial charge in [-0.1, -0.05) is 0 Å². The van der Waals surface area contributed by atoms with E-state index in [0.29, 0.717) is 7.25 Å². The SMILES string of the molecule is CC1=Cc2c(-c3cccc4ccccc34)cccc2[CH]1[Zr]([CH3])(=[SiH2])([CH]1C(C)=Cc2c(-c3cccc4ccccc34)cccc21)[Si](C)(C)C.Cl.Cl. The first-order valence-corrected chi connectivity index (χ1v) is 35.5. The van der Waals surface area contributed by atoms with Crippen LogP contribution < -0.4 is 0 Å². The van der Waals surface area contributed by atoms with Crippen molar-refractivity contribution in [1.29, 1.82) is 0 Å². The predicted octanol–water partition coefficient (Wildman–Crippen LogP) is 12.9. The minimum atomic E-state index is -3.86. The van der Waals surface area contributed by atoms with Crippen LogP contribution in [0.5, 0.6) is 0 Å². The van der Waals surface area contributed by atoms with Crippen LogP contribution in [0.3, 0.4) is 0 Å². The van der Waals surface area contributed by atoms with Crippen molar-refractivity contribution in [2.45, 2.75) is 45.4 Å². The van der Waals surface area contributed by atoms with Gasteiger partial charge in [0, 0.05) is 0 Å². The zero-order chi connectivity index (χ0) is 32.7. The fraction of sp³-hybridized carbons (Fsp3) is 0.182. The summed E-state index contributed by atoms with van der Waals surface area (Å²) in [6, 6.07) is 45.7. The Morgan fingerprint density at radius 1 is 0.490 bits per heavy atom. The molecule has 49 heavy (non-hydrogen) atoms. The third-order valence-corrected chi connectivity index (χ3v) is 87.2. The number of fused-ring (bicyclic) bond motifs is 4. The normalized spacial score (nSPS) is 17.1. The summed E-state index contributed by atoms with van der Waals surface area (Å²) in [6.45, 7) is 15.6. The van der Waals surface area contributed by atoms with E-state index in [-0.39, 0.29) is 24.8 Å². The van der Waals surface area contributed by atoms with Gasteiger partial charge in [-0.05, 0) is 0 Å². The van der Waals surface area contributed by atoms with Gasteiger partial charge >= 0.3 is 285 Å². The molecule has 6 aromatic carbocycles. The molecule has 0 aliphatic heterocycles. The fourth-order valence-corrected chi connectivity index (χ4v) is 48.1. The Labute approximate surface area is 307 Å². The van der Waals surface area contributed by atoms with Gasteiger partial charge in [-0.2, -0.15) is 0 Å². The van der Waals surface area contributed by atoms with Gasteiger partial charge in [0.05, 0.1) is 0 Å². The van der Waals surface area contributed by atoms with E-state index in [1.807, 2.05) is 0 Å². The van der Waals surface area contributed by atoms with Crippen LogP contribution in [-0.4, -0.2) is 12.1 Å². The topological polar surface area (TPSA) is 0 Å². The summed E-state index contributed by atoms with van der Waals surface area (Å²) in [7, 11) is 0. The zero-order valence-corrected chi connectivity index (χ0v) is 35.9. The van der Waals surface area contributed by atoms with E-state index in [4.69, 9.17) is 0 Å². The van der Waals surface area contributed by atoms with Crippen LogP contribution in [0.15, 0.2) is 132 Å². The summed E-state index contributed by atoms with van der Waals surface area (Å²) >= 11 is -3.86. The molecule has 2 aliphatic carbocycles. The van der Waals surface area contributed by atoms with Gasteiger partial charge in [-0.25, -0.2) is 0 Å². The van der Waals surface area contributed by atoms with Crippen molar-refractivity contribution >= 4 is 70.6 Å². The van der Waals surface area contributed by atoms with E-state index in [1.54, 1.807) is 22.3 Å². The van der Waals surface area contributed by atoms with Crippen LogP contribution in [0, 0.1) is 0 Å². The van der Waals surface area contributed by atoms with Crippen LogP contribution in [-0.2, 0) is 16.6 Å². The minimum Gasteiger partial charge on any atom is -0.147 e. The second-order valence-corrected chi connectivity index (χ2v) is 68.9. The maximum Gasteiger partial charge on any atom is -0.147 e. The molecular formula is C44H46Cl2Si2Zr. The van der Waals surface area contributed by atoms with Crippen LogP contribution in [0.25, 0.3) is 56.0 Å². The van der Waals surface area contributed by atoms with Crippen LogP contribution in [0.4, 0.5) is 0 Å². The van der Waals surface area contributed by atoms with E-state index in [2.05, 4.69) is 178 Å². The molecular weight excluding hydrogens is 747 g/mol. The largest absolute Gasteiger partial charge is 0.147 e. The molecule has 2 atom stereocenters. The van der Waals surface area contributed by atoms with Crippen molar-refractivity contribution in [3.8, 4) is 22.3 Å². The summed E-state index contributed by atoms with van der Waals surface area (Å²) in [5, 5.41) is 3.57. The van der Waals surface area contributed by atoms with Crippen molar-refractivity contribution in [2.24, 2.45) is 0 Å². The molecule has 248 valence electrons. The first kappa shape index (κ1) is 36.0. The zero-order valence-electron chi connectivity index (χ0n) is 29.4. The Kier molecular flexibility index (Phi) is 9.38. The van der Waals surface area contributed by atoms with E-state index in [0.717, 1.165) is 0 Å². The molecule has 0 saturated carbocycles. The molecule has 6 aromatic rings. The Morgan fingerprint density at radius 2 is 0.837 bits per heavy atom. The average molecular weight is 793 g/mol. The summed E-state index contributed by atoms with van der Waals surface area (Å²) in [6.07, 6.45) is 5.17. The minimum absolute atomic E-state index is 0. The Hall–Kier alpha value is -2.78. The Bertz CT molecular complexity index is 2250. The molecule has 2 unspecified atom stereocenters. The molecule has 0 heterocycles. The standard InChI is InChI=1S/2C20H15.C3H9Si.CH3.2ClH.H2Si.Zr/c2*1-14-12-16-8-5-11-19(20(16)13-14)18-10-4-7-15-6-2-3-9-17(15)18;1-4(2)3;;;;;/h2*2-13H,1H3;1-3H3;1H3;2*1H;1H2;. The third kappa shape index (κ3) is 5.22. The molecule has 2 aliphatic rings. The van der Waals surface area contributed by atoms with Gasteiger partial charge in [-0.3, -0.25) is 0 Å². The molecule has 0 radical (unpaired) electrons. The van der Waals surface area contributed by atoms with Gasteiger partial charge in [-0.15, -0.1) is 24.8 Å². The van der Waals surface area contributed by atoms with Crippen molar-refractivity contribution < 1.29 is 16.6 Å². The monoisotopic (exact) mass is 790 g/mol. The molecule has 0 spiro atoms. The third-order valence-electron chi connectivity index (χ3n) is 12.5. The van der Waals surface area contributed by atoms with Gasteiger partial charge < -0.3 is 0 Å². The number of benzene rings is 6. The first-order chi connectivity index (χ1) is 22.5. The van der Waals surface area contributed by atoms with Gasteiger partial charge in [0.25, 0.3) is 0 Å². The number of halogens is 2. The number of rotatable bonds is 5. The van der Waals surface area contributed by atoms with Crippen molar-refractivity contribution in [3.63, 3.8) is 0 Å². The first-order valence-electron chi connectivity index (χ1n) is 17.1. The quantitative estimate of drug-likeness (QED) is 0.153. The molecule has 5 heteroatoms. The molecule has 0 fully saturated rings. The second kappa shape index (κ2) is 12.8. The van der Waals surface area contributed by atoms with Crippen LogP contribution >= 0.6 is 24.8 Å². The Balaban J connectivity index is 0.00000208. The number of allylic oxidation sites excluding steroid dienone is 2. The second-order valence-electron chi connectivity index (χ2n) is 15.8. The number of hydrogen-bond donors (Lipinski definition) is 0. The van der Waals surface area contributed by atoms with Gasteiger partial charge in [0.1, 0.15) is 0 Å². The van der Waals surface area contributed by atoms with E-state index in [9.17, 15) is 0 Å². The predicted molar refractivity (Wildman–Crippen MR) is 224 cm³/mol. The molecule has 0 bridgehead atoms. The van der Waals surface area contributed by atoms with Crippen molar-refractivity contribution in [1.82, 2.24) is 0 Å². The summed E-state index contributed by atoms with van der Waals surface area (Å²) in [4.78, 5) is 0. The maximum atomic E-state index is 2.88. The summed E-state index contributed by atoms with van der Waals surface area (Å²) < 4.78 is 3.92.